The summed E-state index contributed by atoms with van der Waals surface area (Å²) >= 11 is 0. The molecule has 0 bridgehead atoms. The van der Waals surface area contributed by atoms with Crippen LogP contribution in [0, 0.1) is 0 Å². The van der Waals surface area contributed by atoms with Crippen LogP contribution in [0.2, 0.25) is 0 Å². The van der Waals surface area contributed by atoms with Crippen molar-refractivity contribution in [2.45, 2.75) is 25.6 Å². The molecule has 0 amide bonds. The van der Waals surface area contributed by atoms with E-state index in [0.717, 1.165) is 17.9 Å². The zero-order valence-corrected chi connectivity index (χ0v) is 10.2. The van der Waals surface area contributed by atoms with Crippen LogP contribution >= 0.6 is 0 Å². The van der Waals surface area contributed by atoms with Crippen LogP contribution in [-0.4, -0.2) is 18.0 Å². The van der Waals surface area contributed by atoms with Crippen LogP contribution in [0.15, 0.2) is 45.8 Å². The average molecular weight is 234 g/mol. The van der Waals surface area contributed by atoms with Crippen molar-refractivity contribution in [2.24, 2.45) is 5.73 Å². The monoisotopic (exact) mass is 234 g/mol. The predicted octanol–water partition coefficient (Wildman–Crippen LogP) is 2.39. The SMILES string of the molecule is CC(N)C(c1ccco1)N(C)Cc1ccoc1. The number of nitrogens with zero attached hydrogens (tertiary/aromatic N) is 1. The highest BCUT2D eigenvalue weighted by molar-refractivity contribution is 5.10. The molecule has 2 heterocycles. The maximum absolute atomic E-state index is 6.03. The number of hydrogen-bond acceptors (Lipinski definition) is 4. The standard InChI is InChI=1S/C13H18N2O2/c1-10(14)13(12-4-3-6-17-12)15(2)8-11-5-7-16-9-11/h3-7,9-10,13H,8,14H2,1-2H3. The molecule has 0 aromatic carbocycles. The Morgan fingerprint density at radius 2 is 2.18 bits per heavy atom. The molecule has 0 aliphatic carbocycles. The number of hydrogen-bond donors (Lipinski definition) is 1. The van der Waals surface area contributed by atoms with E-state index < -0.39 is 0 Å². The Hall–Kier alpha value is -1.52. The van der Waals surface area contributed by atoms with Gasteiger partial charge < -0.3 is 14.6 Å². The second-order valence-corrected chi connectivity index (χ2v) is 4.37. The van der Waals surface area contributed by atoms with Crippen molar-refractivity contribution in [1.82, 2.24) is 4.90 Å². The van der Waals surface area contributed by atoms with Gasteiger partial charge in [0.25, 0.3) is 0 Å². The summed E-state index contributed by atoms with van der Waals surface area (Å²) in [4.78, 5) is 2.16. The molecule has 92 valence electrons. The molecule has 4 heteroatoms. The molecule has 2 rings (SSSR count). The molecule has 0 saturated carbocycles. The first-order chi connectivity index (χ1) is 8.18. The van der Waals surface area contributed by atoms with E-state index >= 15 is 0 Å². The summed E-state index contributed by atoms with van der Waals surface area (Å²) in [6, 6.07) is 5.87. The summed E-state index contributed by atoms with van der Waals surface area (Å²) in [6.07, 6.45) is 5.10. The van der Waals surface area contributed by atoms with Gasteiger partial charge in [-0.15, -0.1) is 0 Å². The van der Waals surface area contributed by atoms with Gasteiger partial charge in [0.2, 0.25) is 0 Å². The fraction of sp³-hybridized carbons (Fsp3) is 0.385. The molecule has 2 N–H and O–H groups in total. The minimum absolute atomic E-state index is 0.00180. The van der Waals surface area contributed by atoms with Gasteiger partial charge >= 0.3 is 0 Å². The van der Waals surface area contributed by atoms with Gasteiger partial charge in [-0.3, -0.25) is 4.90 Å². The topological polar surface area (TPSA) is 55.5 Å². The third kappa shape index (κ3) is 2.78. The summed E-state index contributed by atoms with van der Waals surface area (Å²) in [6.45, 7) is 2.77. The molecule has 0 aliphatic heterocycles. The molecule has 0 fully saturated rings. The Morgan fingerprint density at radius 3 is 2.71 bits per heavy atom. The molecule has 2 atom stereocenters. The normalized spacial score (nSPS) is 15.1. The lowest BCUT2D eigenvalue weighted by atomic mass is 10.1. The zero-order valence-electron chi connectivity index (χ0n) is 10.2. The number of likely N-dealkylation sites (N-methyl/N-ethyl adjacent to an activating group) is 1. The third-order valence-electron chi connectivity index (χ3n) is 2.82. The first-order valence-corrected chi connectivity index (χ1v) is 5.69. The van der Waals surface area contributed by atoms with Crippen LogP contribution in [0.5, 0.6) is 0 Å². The highest BCUT2D eigenvalue weighted by Crippen LogP contribution is 2.24. The van der Waals surface area contributed by atoms with E-state index in [1.165, 1.54) is 0 Å². The van der Waals surface area contributed by atoms with E-state index in [9.17, 15) is 0 Å². The largest absolute Gasteiger partial charge is 0.472 e. The third-order valence-corrected chi connectivity index (χ3v) is 2.82. The first kappa shape index (κ1) is 12.0. The van der Waals surface area contributed by atoms with E-state index in [1.54, 1.807) is 18.8 Å². The molecule has 2 aromatic rings. The van der Waals surface area contributed by atoms with Gasteiger partial charge in [-0.25, -0.2) is 0 Å². The summed E-state index contributed by atoms with van der Waals surface area (Å²) in [7, 11) is 2.03. The van der Waals surface area contributed by atoms with E-state index in [1.807, 2.05) is 32.2 Å². The molecule has 2 aromatic heterocycles. The molecule has 17 heavy (non-hydrogen) atoms. The molecule has 4 nitrogen and oxygen atoms in total. The predicted molar refractivity (Wildman–Crippen MR) is 65.3 cm³/mol. The lowest BCUT2D eigenvalue weighted by Crippen LogP contribution is -2.36. The van der Waals surface area contributed by atoms with Crippen LogP contribution in [0.25, 0.3) is 0 Å². The maximum Gasteiger partial charge on any atom is 0.122 e. The number of nitrogens with two attached hydrogens (primary N) is 1. The van der Waals surface area contributed by atoms with Gasteiger partial charge in [-0.2, -0.15) is 0 Å². The van der Waals surface area contributed by atoms with Crippen molar-refractivity contribution in [2.75, 3.05) is 7.05 Å². The lowest BCUT2D eigenvalue weighted by molar-refractivity contribution is 0.183. The van der Waals surface area contributed by atoms with Crippen molar-refractivity contribution >= 4 is 0 Å². The highest BCUT2D eigenvalue weighted by Gasteiger charge is 2.23. The fourth-order valence-corrected chi connectivity index (χ4v) is 2.11. The highest BCUT2D eigenvalue weighted by atomic mass is 16.3. The molecule has 2 unspecified atom stereocenters. The fourth-order valence-electron chi connectivity index (χ4n) is 2.11. The zero-order chi connectivity index (χ0) is 12.3. The second kappa shape index (κ2) is 5.21. The minimum atomic E-state index is -0.00180. The van der Waals surface area contributed by atoms with Gasteiger partial charge in [0.1, 0.15) is 5.76 Å². The van der Waals surface area contributed by atoms with Gasteiger partial charge in [0.15, 0.2) is 0 Å². The lowest BCUT2D eigenvalue weighted by Gasteiger charge is -2.28. The van der Waals surface area contributed by atoms with E-state index in [2.05, 4.69) is 4.90 Å². The Morgan fingerprint density at radius 1 is 1.35 bits per heavy atom. The summed E-state index contributed by atoms with van der Waals surface area (Å²) in [5, 5.41) is 0. The summed E-state index contributed by atoms with van der Waals surface area (Å²) < 4.78 is 10.5. The van der Waals surface area contributed by atoms with Crippen molar-refractivity contribution in [3.8, 4) is 0 Å². The van der Waals surface area contributed by atoms with Gasteiger partial charge in [-0.05, 0) is 32.2 Å². The van der Waals surface area contributed by atoms with Crippen molar-refractivity contribution in [3.05, 3.63) is 48.3 Å². The Balaban J connectivity index is 2.11. The maximum atomic E-state index is 6.03. The van der Waals surface area contributed by atoms with Gasteiger partial charge in [0, 0.05) is 18.2 Å². The Kier molecular flexibility index (Phi) is 3.66. The van der Waals surface area contributed by atoms with Crippen LogP contribution in [0.1, 0.15) is 24.3 Å². The molecule has 0 spiro atoms. The molecular weight excluding hydrogens is 216 g/mol. The molecular formula is C13H18N2O2. The molecule has 0 radical (unpaired) electrons. The summed E-state index contributed by atoms with van der Waals surface area (Å²) in [5.74, 6) is 0.894. The smallest absolute Gasteiger partial charge is 0.122 e. The van der Waals surface area contributed by atoms with Gasteiger partial charge in [-0.1, -0.05) is 0 Å². The van der Waals surface area contributed by atoms with E-state index in [0.29, 0.717) is 0 Å². The summed E-state index contributed by atoms with van der Waals surface area (Å²) in [5.41, 5.74) is 7.16. The van der Waals surface area contributed by atoms with Crippen molar-refractivity contribution in [3.63, 3.8) is 0 Å². The second-order valence-electron chi connectivity index (χ2n) is 4.37. The Labute approximate surface area is 101 Å². The number of furan rings is 2. The quantitative estimate of drug-likeness (QED) is 0.863. The average Bonchev–Trinajstić information content (AvgIpc) is 2.89. The van der Waals surface area contributed by atoms with Crippen LogP contribution < -0.4 is 5.73 Å². The van der Waals surface area contributed by atoms with Crippen molar-refractivity contribution in [1.29, 1.82) is 0 Å². The molecule has 0 aliphatic rings. The Bertz CT molecular complexity index is 420. The van der Waals surface area contributed by atoms with Crippen LogP contribution in [0.3, 0.4) is 0 Å². The molecule has 0 saturated heterocycles. The van der Waals surface area contributed by atoms with Crippen LogP contribution in [0.4, 0.5) is 0 Å². The van der Waals surface area contributed by atoms with E-state index in [-0.39, 0.29) is 12.1 Å². The van der Waals surface area contributed by atoms with Crippen LogP contribution in [-0.2, 0) is 6.54 Å². The first-order valence-electron chi connectivity index (χ1n) is 5.69. The van der Waals surface area contributed by atoms with Gasteiger partial charge in [0.05, 0.1) is 24.8 Å². The van der Waals surface area contributed by atoms with Crippen molar-refractivity contribution < 1.29 is 8.83 Å². The van der Waals surface area contributed by atoms with E-state index in [4.69, 9.17) is 14.6 Å². The minimum Gasteiger partial charge on any atom is -0.472 e. The number of rotatable bonds is 5.